The molecule has 0 aromatic carbocycles. The smallest absolute Gasteiger partial charge is 0.152 e. The van der Waals surface area contributed by atoms with Gasteiger partial charge < -0.3 is 0 Å². The van der Waals surface area contributed by atoms with E-state index in [1.54, 1.807) is 0 Å². The summed E-state index contributed by atoms with van der Waals surface area (Å²) in [6.07, 6.45) is 2.92. The molecular formula is C9H17NO2S2. The van der Waals surface area contributed by atoms with Crippen LogP contribution in [0.1, 0.15) is 26.2 Å². The summed E-state index contributed by atoms with van der Waals surface area (Å²) in [6.45, 7) is 2.15. The molecule has 0 aromatic heterocycles. The van der Waals surface area contributed by atoms with Crippen molar-refractivity contribution >= 4 is 21.6 Å². The van der Waals surface area contributed by atoms with Gasteiger partial charge in [0.05, 0.1) is 16.4 Å². The van der Waals surface area contributed by atoms with E-state index in [1.165, 1.54) is 0 Å². The average molecular weight is 235 g/mol. The summed E-state index contributed by atoms with van der Waals surface area (Å²) in [7, 11) is -2.79. The third kappa shape index (κ3) is 2.09. The van der Waals surface area contributed by atoms with Crippen molar-refractivity contribution < 1.29 is 8.42 Å². The molecule has 2 aliphatic heterocycles. The summed E-state index contributed by atoms with van der Waals surface area (Å²) in [5.41, 5.74) is 0. The molecule has 82 valence electrons. The molecule has 5 heteroatoms. The van der Waals surface area contributed by atoms with Crippen LogP contribution in [-0.2, 0) is 9.84 Å². The first-order valence-corrected chi connectivity index (χ1v) is 7.98. The highest BCUT2D eigenvalue weighted by Gasteiger charge is 2.44. The molecule has 1 N–H and O–H groups in total. The van der Waals surface area contributed by atoms with Gasteiger partial charge in [-0.2, -0.15) is 0 Å². The van der Waals surface area contributed by atoms with Gasteiger partial charge in [-0.05, 0) is 19.3 Å². The minimum Gasteiger partial charge on any atom is -0.298 e. The fourth-order valence-electron chi connectivity index (χ4n) is 2.24. The Hall–Kier alpha value is 0.260. The first-order chi connectivity index (χ1) is 6.55. The zero-order valence-corrected chi connectivity index (χ0v) is 10.1. The lowest BCUT2D eigenvalue weighted by Gasteiger charge is -2.33. The van der Waals surface area contributed by atoms with Crippen LogP contribution in [0.3, 0.4) is 0 Å². The molecule has 2 atom stereocenters. The molecule has 0 aromatic rings. The predicted octanol–water partition coefficient (Wildman–Crippen LogP) is 1.01. The molecule has 2 saturated heterocycles. The van der Waals surface area contributed by atoms with E-state index >= 15 is 0 Å². The first-order valence-electron chi connectivity index (χ1n) is 5.17. The number of nitrogens with one attached hydrogen (secondary N) is 1. The Morgan fingerprint density at radius 3 is 2.93 bits per heavy atom. The molecule has 0 saturated carbocycles. The summed E-state index contributed by atoms with van der Waals surface area (Å²) in [5.74, 6) is 1.78. The minimum absolute atomic E-state index is 0.141. The van der Waals surface area contributed by atoms with E-state index < -0.39 is 9.84 Å². The highest BCUT2D eigenvalue weighted by Crippen LogP contribution is 2.39. The van der Waals surface area contributed by atoms with Gasteiger partial charge in [-0.25, -0.2) is 8.42 Å². The minimum atomic E-state index is -2.79. The highest BCUT2D eigenvalue weighted by molar-refractivity contribution is 8.02. The lowest BCUT2D eigenvalue weighted by atomic mass is 10.1. The molecule has 0 amide bonds. The quantitative estimate of drug-likeness (QED) is 0.737. The number of hydrogen-bond donors (Lipinski definition) is 1. The van der Waals surface area contributed by atoms with Crippen LogP contribution < -0.4 is 5.32 Å². The van der Waals surface area contributed by atoms with Gasteiger partial charge in [0.15, 0.2) is 9.84 Å². The summed E-state index contributed by atoms with van der Waals surface area (Å²) in [5, 5.41) is 3.50. The zero-order chi connectivity index (χ0) is 10.2. The Kier molecular flexibility index (Phi) is 2.83. The maximum atomic E-state index is 11.6. The number of rotatable bonds is 1. The molecule has 1 spiro atoms. The molecule has 14 heavy (non-hydrogen) atoms. The SMILES string of the molecule is CCC1CSC2(CCCS(=O)(=O)C2)N1. The van der Waals surface area contributed by atoms with Gasteiger partial charge in [-0.1, -0.05) is 6.92 Å². The highest BCUT2D eigenvalue weighted by atomic mass is 32.2. The van der Waals surface area contributed by atoms with Crippen molar-refractivity contribution in [3.05, 3.63) is 0 Å². The van der Waals surface area contributed by atoms with E-state index in [-0.39, 0.29) is 4.87 Å². The molecule has 2 rings (SSSR count). The third-order valence-electron chi connectivity index (χ3n) is 3.01. The van der Waals surface area contributed by atoms with Crippen molar-refractivity contribution in [3.63, 3.8) is 0 Å². The Balaban J connectivity index is 2.10. The molecule has 2 aliphatic rings. The monoisotopic (exact) mass is 235 g/mol. The second kappa shape index (κ2) is 3.68. The molecular weight excluding hydrogens is 218 g/mol. The van der Waals surface area contributed by atoms with E-state index in [9.17, 15) is 8.42 Å². The molecule has 2 unspecified atom stereocenters. The second-order valence-corrected chi connectivity index (χ2v) is 7.84. The predicted molar refractivity (Wildman–Crippen MR) is 60.3 cm³/mol. The molecule has 0 aliphatic carbocycles. The van der Waals surface area contributed by atoms with Crippen LogP contribution in [0.2, 0.25) is 0 Å². The average Bonchev–Trinajstić information content (AvgIpc) is 2.46. The van der Waals surface area contributed by atoms with Crippen LogP contribution in [-0.4, -0.2) is 36.6 Å². The largest absolute Gasteiger partial charge is 0.298 e. The van der Waals surface area contributed by atoms with Crippen LogP contribution in [0.15, 0.2) is 0 Å². The number of thioether (sulfide) groups is 1. The van der Waals surface area contributed by atoms with E-state index in [0.717, 1.165) is 25.0 Å². The maximum absolute atomic E-state index is 11.6. The van der Waals surface area contributed by atoms with Crippen molar-refractivity contribution in [2.75, 3.05) is 17.3 Å². The Bertz CT molecular complexity index is 315. The fourth-order valence-corrected chi connectivity index (χ4v) is 6.16. The standard InChI is InChI=1S/C9H17NO2S2/c1-2-8-6-13-9(10-8)4-3-5-14(11,12)7-9/h8,10H,2-7H2,1H3. The van der Waals surface area contributed by atoms with Gasteiger partial charge in [-0.3, -0.25) is 5.32 Å². The van der Waals surface area contributed by atoms with Crippen molar-refractivity contribution in [2.45, 2.75) is 37.1 Å². The second-order valence-electron chi connectivity index (χ2n) is 4.25. The van der Waals surface area contributed by atoms with Crippen molar-refractivity contribution in [1.29, 1.82) is 0 Å². The first kappa shape index (κ1) is 10.8. The van der Waals surface area contributed by atoms with E-state index in [0.29, 0.717) is 17.5 Å². The third-order valence-corrected chi connectivity index (χ3v) is 6.62. The summed E-state index contributed by atoms with van der Waals surface area (Å²) < 4.78 is 23.1. The zero-order valence-electron chi connectivity index (χ0n) is 8.45. The van der Waals surface area contributed by atoms with Gasteiger partial charge in [0.2, 0.25) is 0 Å². The van der Waals surface area contributed by atoms with Gasteiger partial charge in [0.25, 0.3) is 0 Å². The lowest BCUT2D eigenvalue weighted by molar-refractivity contribution is 0.417. The molecule has 0 bridgehead atoms. The topological polar surface area (TPSA) is 46.2 Å². The summed E-state index contributed by atoms with van der Waals surface area (Å²) in [4.78, 5) is -0.141. The van der Waals surface area contributed by atoms with Gasteiger partial charge in [0, 0.05) is 11.8 Å². The van der Waals surface area contributed by atoms with Gasteiger partial charge in [-0.15, -0.1) is 11.8 Å². The van der Waals surface area contributed by atoms with Crippen LogP contribution >= 0.6 is 11.8 Å². The van der Waals surface area contributed by atoms with Crippen molar-refractivity contribution in [3.8, 4) is 0 Å². The lowest BCUT2D eigenvalue weighted by Crippen LogP contribution is -2.49. The van der Waals surface area contributed by atoms with Crippen LogP contribution in [0, 0.1) is 0 Å². The molecule has 2 heterocycles. The fraction of sp³-hybridized carbons (Fsp3) is 1.00. The van der Waals surface area contributed by atoms with Crippen LogP contribution in [0.4, 0.5) is 0 Å². The number of hydrogen-bond acceptors (Lipinski definition) is 4. The summed E-state index contributed by atoms with van der Waals surface area (Å²) in [6, 6.07) is 0.508. The van der Waals surface area contributed by atoms with Crippen molar-refractivity contribution in [2.24, 2.45) is 0 Å². The van der Waals surface area contributed by atoms with Gasteiger partial charge >= 0.3 is 0 Å². The van der Waals surface area contributed by atoms with Crippen LogP contribution in [0.5, 0.6) is 0 Å². The van der Waals surface area contributed by atoms with E-state index in [2.05, 4.69) is 12.2 Å². The van der Waals surface area contributed by atoms with Gasteiger partial charge in [0.1, 0.15) is 0 Å². The van der Waals surface area contributed by atoms with E-state index in [1.807, 2.05) is 11.8 Å². The van der Waals surface area contributed by atoms with Crippen LogP contribution in [0.25, 0.3) is 0 Å². The van der Waals surface area contributed by atoms with E-state index in [4.69, 9.17) is 0 Å². The molecule has 0 radical (unpaired) electrons. The maximum Gasteiger partial charge on any atom is 0.152 e. The normalized spacial score (nSPS) is 41.6. The Morgan fingerprint density at radius 2 is 2.36 bits per heavy atom. The summed E-state index contributed by atoms with van der Waals surface area (Å²) >= 11 is 1.81. The Morgan fingerprint density at radius 1 is 1.57 bits per heavy atom. The molecule has 2 fully saturated rings. The number of sulfone groups is 1. The Labute approximate surface area is 89.9 Å². The molecule has 3 nitrogen and oxygen atoms in total. The van der Waals surface area contributed by atoms with Crippen molar-refractivity contribution in [1.82, 2.24) is 5.32 Å².